The number of nitrogens with one attached hydrogen (secondary N) is 1. The van der Waals surface area contributed by atoms with Gasteiger partial charge in [-0.15, -0.1) is 0 Å². The second-order valence-corrected chi connectivity index (χ2v) is 4.08. The molecule has 0 bridgehead atoms. The Kier molecular flexibility index (Phi) is 5.79. The molecule has 0 unspecified atom stereocenters. The third-order valence-electron chi connectivity index (χ3n) is 2.49. The Morgan fingerprint density at radius 3 is 2.60 bits per heavy atom. The first-order valence-corrected chi connectivity index (χ1v) is 5.88. The average Bonchev–Trinajstić information content (AvgIpc) is 2.42. The lowest BCUT2D eigenvalue weighted by Gasteiger charge is -2.13. The molecule has 7 heteroatoms. The number of amides is 1. The van der Waals surface area contributed by atoms with Crippen molar-refractivity contribution in [1.29, 1.82) is 0 Å². The second kappa shape index (κ2) is 7.34. The van der Waals surface area contributed by atoms with E-state index in [9.17, 15) is 9.59 Å². The summed E-state index contributed by atoms with van der Waals surface area (Å²) in [5, 5.41) is 19.6. The highest BCUT2D eigenvalue weighted by Crippen LogP contribution is 2.27. The number of aliphatic carboxylic acids is 1. The van der Waals surface area contributed by atoms with Crippen molar-refractivity contribution >= 4 is 11.9 Å². The fraction of sp³-hybridized carbons (Fsp3) is 0.385. The molecule has 0 spiro atoms. The molecule has 0 heterocycles. The molecule has 0 fully saturated rings. The summed E-state index contributed by atoms with van der Waals surface area (Å²) >= 11 is 0. The summed E-state index contributed by atoms with van der Waals surface area (Å²) in [7, 11) is 1.48. The van der Waals surface area contributed by atoms with Gasteiger partial charge in [-0.1, -0.05) is 6.07 Å². The molecule has 1 aromatic carbocycles. The smallest absolute Gasteiger partial charge is 0.328 e. The van der Waals surface area contributed by atoms with Crippen LogP contribution in [-0.4, -0.2) is 48.5 Å². The molecule has 3 N–H and O–H groups in total. The number of carbonyl (C=O) groups excluding carboxylic acids is 1. The molecule has 0 saturated heterocycles. The number of aliphatic hydroxyl groups excluding tert-OH is 1. The van der Waals surface area contributed by atoms with E-state index in [0.717, 1.165) is 5.56 Å². The van der Waals surface area contributed by atoms with Crippen LogP contribution in [0.15, 0.2) is 18.2 Å². The summed E-state index contributed by atoms with van der Waals surface area (Å²) in [4.78, 5) is 22.1. The number of aryl methyl sites for hydroxylation is 1. The molecule has 0 aliphatic rings. The summed E-state index contributed by atoms with van der Waals surface area (Å²) in [5.74, 6) is -1.10. The predicted octanol–water partition coefficient (Wildman–Crippen LogP) is -0.0559. The minimum atomic E-state index is -1.34. The maximum atomic E-state index is 11.5. The van der Waals surface area contributed by atoms with Crippen molar-refractivity contribution in [2.24, 2.45) is 0 Å². The van der Waals surface area contributed by atoms with Gasteiger partial charge in [0.25, 0.3) is 5.91 Å². The van der Waals surface area contributed by atoms with Gasteiger partial charge in [-0.05, 0) is 24.6 Å². The number of carboxylic acid groups (broad SMARTS) is 1. The fourth-order valence-corrected chi connectivity index (χ4v) is 1.46. The average molecular weight is 283 g/mol. The number of hydrogen-bond donors (Lipinski definition) is 3. The predicted molar refractivity (Wildman–Crippen MR) is 69.9 cm³/mol. The standard InChI is InChI=1S/C13H17NO6/c1-8-3-4-10(11(5-8)19-2)20-7-12(16)14-9(6-15)13(17)18/h3-5,9,15H,6-7H2,1-2H3,(H,14,16)(H,17,18)/t9-/m0/s1. The topological polar surface area (TPSA) is 105 Å². The van der Waals surface area contributed by atoms with Crippen molar-refractivity contribution in [2.75, 3.05) is 20.3 Å². The minimum Gasteiger partial charge on any atom is -0.493 e. The summed E-state index contributed by atoms with van der Waals surface area (Å²) in [5.41, 5.74) is 0.977. The maximum Gasteiger partial charge on any atom is 0.328 e. The molecule has 1 amide bonds. The Bertz CT molecular complexity index is 488. The normalized spacial score (nSPS) is 11.6. The molecule has 1 aromatic rings. The van der Waals surface area contributed by atoms with Crippen LogP contribution in [-0.2, 0) is 9.59 Å². The zero-order valence-electron chi connectivity index (χ0n) is 11.3. The van der Waals surface area contributed by atoms with Crippen molar-refractivity contribution in [3.05, 3.63) is 23.8 Å². The van der Waals surface area contributed by atoms with Gasteiger partial charge in [-0.2, -0.15) is 0 Å². The molecule has 7 nitrogen and oxygen atoms in total. The van der Waals surface area contributed by atoms with E-state index in [4.69, 9.17) is 19.7 Å². The van der Waals surface area contributed by atoms with E-state index in [1.54, 1.807) is 18.2 Å². The van der Waals surface area contributed by atoms with Crippen molar-refractivity contribution in [3.63, 3.8) is 0 Å². The maximum absolute atomic E-state index is 11.5. The van der Waals surface area contributed by atoms with Crippen LogP contribution in [0.3, 0.4) is 0 Å². The Hall–Kier alpha value is -2.28. The third-order valence-corrected chi connectivity index (χ3v) is 2.49. The van der Waals surface area contributed by atoms with E-state index in [-0.39, 0.29) is 6.61 Å². The van der Waals surface area contributed by atoms with Gasteiger partial charge in [0.1, 0.15) is 6.04 Å². The van der Waals surface area contributed by atoms with Gasteiger partial charge in [0.2, 0.25) is 0 Å². The van der Waals surface area contributed by atoms with Crippen LogP contribution in [0.25, 0.3) is 0 Å². The molecule has 0 radical (unpaired) electrons. The minimum absolute atomic E-state index is 0.372. The lowest BCUT2D eigenvalue weighted by molar-refractivity contribution is -0.143. The van der Waals surface area contributed by atoms with E-state index >= 15 is 0 Å². The van der Waals surface area contributed by atoms with Crippen molar-refractivity contribution < 1.29 is 29.3 Å². The summed E-state index contributed by atoms with van der Waals surface area (Å²) < 4.78 is 10.4. The molecule has 0 aliphatic heterocycles. The first kappa shape index (κ1) is 15.8. The Morgan fingerprint density at radius 2 is 2.05 bits per heavy atom. The molecule has 1 rings (SSSR count). The molecule has 0 saturated carbocycles. The molecule has 1 atom stereocenters. The fourth-order valence-electron chi connectivity index (χ4n) is 1.46. The first-order chi connectivity index (χ1) is 9.47. The van der Waals surface area contributed by atoms with Crippen LogP contribution >= 0.6 is 0 Å². The summed E-state index contributed by atoms with van der Waals surface area (Å²) in [6.45, 7) is 0.829. The van der Waals surface area contributed by atoms with E-state index in [0.29, 0.717) is 11.5 Å². The summed E-state index contributed by atoms with van der Waals surface area (Å²) in [6, 6.07) is 3.86. The lowest BCUT2D eigenvalue weighted by Crippen LogP contribution is -2.45. The number of rotatable bonds is 7. The van der Waals surface area contributed by atoms with Crippen molar-refractivity contribution in [1.82, 2.24) is 5.32 Å². The quantitative estimate of drug-likeness (QED) is 0.647. The van der Waals surface area contributed by atoms with Gasteiger partial charge >= 0.3 is 5.97 Å². The van der Waals surface area contributed by atoms with E-state index < -0.39 is 24.5 Å². The van der Waals surface area contributed by atoms with E-state index in [2.05, 4.69) is 5.32 Å². The van der Waals surface area contributed by atoms with Crippen LogP contribution < -0.4 is 14.8 Å². The zero-order valence-corrected chi connectivity index (χ0v) is 11.3. The number of hydrogen-bond acceptors (Lipinski definition) is 5. The highest BCUT2D eigenvalue weighted by atomic mass is 16.5. The lowest BCUT2D eigenvalue weighted by atomic mass is 10.2. The number of carboxylic acids is 1. The van der Waals surface area contributed by atoms with Gasteiger partial charge in [-0.25, -0.2) is 4.79 Å². The van der Waals surface area contributed by atoms with Crippen LogP contribution in [0.5, 0.6) is 11.5 Å². The van der Waals surface area contributed by atoms with Gasteiger partial charge in [-0.3, -0.25) is 4.79 Å². The van der Waals surface area contributed by atoms with Crippen LogP contribution in [0, 0.1) is 6.92 Å². The number of methoxy groups -OCH3 is 1. The first-order valence-electron chi connectivity index (χ1n) is 5.88. The van der Waals surface area contributed by atoms with Crippen molar-refractivity contribution in [3.8, 4) is 11.5 Å². The zero-order chi connectivity index (χ0) is 15.1. The van der Waals surface area contributed by atoms with E-state index in [1.807, 2.05) is 6.92 Å². The largest absolute Gasteiger partial charge is 0.493 e. The molecule has 110 valence electrons. The Morgan fingerprint density at radius 1 is 1.35 bits per heavy atom. The molecular weight excluding hydrogens is 266 g/mol. The number of carbonyl (C=O) groups is 2. The van der Waals surface area contributed by atoms with Gasteiger partial charge in [0.05, 0.1) is 13.7 Å². The third kappa shape index (κ3) is 4.43. The Labute approximate surface area is 116 Å². The van der Waals surface area contributed by atoms with E-state index in [1.165, 1.54) is 7.11 Å². The molecule has 20 heavy (non-hydrogen) atoms. The van der Waals surface area contributed by atoms with Crippen LogP contribution in [0.2, 0.25) is 0 Å². The summed E-state index contributed by atoms with van der Waals surface area (Å²) in [6.07, 6.45) is 0. The van der Waals surface area contributed by atoms with Crippen molar-refractivity contribution in [2.45, 2.75) is 13.0 Å². The SMILES string of the molecule is COc1cc(C)ccc1OCC(=O)N[C@@H](CO)C(=O)O. The Balaban J connectivity index is 2.59. The monoisotopic (exact) mass is 283 g/mol. The number of benzene rings is 1. The molecule has 0 aliphatic carbocycles. The molecular formula is C13H17NO6. The highest BCUT2D eigenvalue weighted by Gasteiger charge is 2.19. The molecule has 0 aromatic heterocycles. The van der Waals surface area contributed by atoms with Gasteiger partial charge < -0.3 is 25.0 Å². The highest BCUT2D eigenvalue weighted by molar-refractivity contribution is 5.84. The second-order valence-electron chi connectivity index (χ2n) is 4.08. The van der Waals surface area contributed by atoms with Crippen LogP contribution in [0.1, 0.15) is 5.56 Å². The number of ether oxygens (including phenoxy) is 2. The van der Waals surface area contributed by atoms with Crippen LogP contribution in [0.4, 0.5) is 0 Å². The number of aliphatic hydroxyl groups is 1. The van der Waals surface area contributed by atoms with Gasteiger partial charge in [0.15, 0.2) is 18.1 Å². The van der Waals surface area contributed by atoms with Gasteiger partial charge in [0, 0.05) is 0 Å².